The second-order valence-corrected chi connectivity index (χ2v) is 2.49. The molecule has 0 saturated heterocycles. The van der Waals surface area contributed by atoms with Crippen LogP contribution in [0.15, 0.2) is 4.99 Å². The summed E-state index contributed by atoms with van der Waals surface area (Å²) in [6.07, 6.45) is 3.79. The number of nitrogens with one attached hydrogen (secondary N) is 2. The molecule has 0 atom stereocenters. The Balaban J connectivity index is 2.21. The van der Waals surface area contributed by atoms with E-state index in [1.165, 1.54) is 19.3 Å². The third kappa shape index (κ3) is 1.60. The minimum Gasteiger partial charge on any atom is -0.353 e. The Hall–Kier alpha value is -0.770. The minimum atomic E-state index is 0.592. The van der Waals surface area contributed by atoms with Gasteiger partial charge in [0.15, 0.2) is 0 Å². The minimum absolute atomic E-state index is 0.592. The van der Waals surface area contributed by atoms with Gasteiger partial charge in [0.05, 0.1) is 0 Å². The lowest BCUT2D eigenvalue weighted by atomic mass is 9.93. The highest BCUT2D eigenvalue weighted by atomic mass is 15.3. The van der Waals surface area contributed by atoms with Crippen molar-refractivity contribution in [3.8, 4) is 0 Å². The molecule has 1 saturated carbocycles. The zero-order valence-electron chi connectivity index (χ0n) is 6.22. The van der Waals surface area contributed by atoms with Crippen LogP contribution in [0.25, 0.3) is 0 Å². The Kier molecular flexibility index (Phi) is 2.50. The second-order valence-electron chi connectivity index (χ2n) is 2.49. The fourth-order valence-electron chi connectivity index (χ4n) is 0.917. The number of rotatable bonds is 1. The first kappa shape index (κ1) is 7.34. The maximum absolute atomic E-state index is 5.17. The van der Waals surface area contributed by atoms with Crippen molar-refractivity contribution in [1.29, 1.82) is 0 Å². The van der Waals surface area contributed by atoms with Crippen molar-refractivity contribution in [3.05, 3.63) is 0 Å². The fourth-order valence-corrected chi connectivity index (χ4v) is 0.917. The van der Waals surface area contributed by atoms with Crippen LogP contribution in [0, 0.1) is 0 Å². The van der Waals surface area contributed by atoms with E-state index in [0.29, 0.717) is 12.0 Å². The second kappa shape index (κ2) is 3.41. The summed E-state index contributed by atoms with van der Waals surface area (Å²) in [6.45, 7) is 0. The molecule has 0 unspecified atom stereocenters. The summed E-state index contributed by atoms with van der Waals surface area (Å²) < 4.78 is 0. The van der Waals surface area contributed by atoms with Crippen LogP contribution < -0.4 is 16.6 Å². The summed E-state index contributed by atoms with van der Waals surface area (Å²) in [5.74, 6) is 5.85. The Morgan fingerprint density at radius 1 is 1.60 bits per heavy atom. The van der Waals surface area contributed by atoms with E-state index in [1.54, 1.807) is 7.05 Å². The number of hydrazine groups is 1. The summed E-state index contributed by atoms with van der Waals surface area (Å²) in [7, 11) is 1.71. The molecule has 0 radical (unpaired) electrons. The van der Waals surface area contributed by atoms with Crippen LogP contribution in [0.3, 0.4) is 0 Å². The molecule has 0 heterocycles. The molecule has 58 valence electrons. The van der Waals surface area contributed by atoms with Gasteiger partial charge in [0, 0.05) is 13.1 Å². The van der Waals surface area contributed by atoms with Gasteiger partial charge >= 0.3 is 0 Å². The van der Waals surface area contributed by atoms with Crippen molar-refractivity contribution in [3.63, 3.8) is 0 Å². The first-order valence-electron chi connectivity index (χ1n) is 3.56. The molecule has 0 aromatic rings. The lowest BCUT2D eigenvalue weighted by Gasteiger charge is -2.27. The molecule has 1 rings (SSSR count). The Bertz CT molecular complexity index is 128. The Morgan fingerprint density at radius 3 is 2.60 bits per heavy atom. The van der Waals surface area contributed by atoms with Gasteiger partial charge in [-0.2, -0.15) is 0 Å². The number of hydrogen-bond donors (Lipinski definition) is 3. The molecule has 10 heavy (non-hydrogen) atoms. The highest BCUT2D eigenvalue weighted by Gasteiger charge is 2.17. The van der Waals surface area contributed by atoms with Crippen LogP contribution in [0.5, 0.6) is 0 Å². The fraction of sp³-hybridized carbons (Fsp3) is 0.833. The molecule has 1 aliphatic rings. The molecule has 0 bridgehead atoms. The highest BCUT2D eigenvalue weighted by molar-refractivity contribution is 5.79. The van der Waals surface area contributed by atoms with Gasteiger partial charge in [-0.05, 0) is 19.3 Å². The van der Waals surface area contributed by atoms with E-state index < -0.39 is 0 Å². The predicted molar refractivity (Wildman–Crippen MR) is 41.5 cm³/mol. The third-order valence-corrected chi connectivity index (χ3v) is 1.81. The molecule has 0 aromatic heterocycles. The lowest BCUT2D eigenvalue weighted by molar-refractivity contribution is 0.380. The van der Waals surface area contributed by atoms with E-state index in [1.807, 2.05) is 0 Å². The quantitative estimate of drug-likeness (QED) is 0.202. The van der Waals surface area contributed by atoms with Crippen molar-refractivity contribution in [2.45, 2.75) is 25.3 Å². The van der Waals surface area contributed by atoms with Gasteiger partial charge in [-0.15, -0.1) is 0 Å². The van der Waals surface area contributed by atoms with Crippen molar-refractivity contribution >= 4 is 5.96 Å². The van der Waals surface area contributed by atoms with Crippen LogP contribution in [-0.2, 0) is 0 Å². The number of guanidine groups is 1. The largest absolute Gasteiger partial charge is 0.353 e. The summed E-state index contributed by atoms with van der Waals surface area (Å²) in [5, 5.41) is 3.17. The topological polar surface area (TPSA) is 62.4 Å². The van der Waals surface area contributed by atoms with Gasteiger partial charge in [-0.3, -0.25) is 10.4 Å². The van der Waals surface area contributed by atoms with E-state index >= 15 is 0 Å². The van der Waals surface area contributed by atoms with Gasteiger partial charge < -0.3 is 5.32 Å². The standard InChI is InChI=1S/C6H14N4/c1-8-6(10-7)9-5-3-2-4-5/h5H,2-4,7H2,1H3,(H2,8,9,10). The molecular weight excluding hydrogens is 128 g/mol. The normalized spacial score (nSPS) is 20.0. The molecule has 1 fully saturated rings. The number of aliphatic imine (C=N–C) groups is 1. The van der Waals surface area contributed by atoms with E-state index in [9.17, 15) is 0 Å². The van der Waals surface area contributed by atoms with Crippen LogP contribution in [0.2, 0.25) is 0 Å². The molecule has 4 N–H and O–H groups in total. The van der Waals surface area contributed by atoms with E-state index in [2.05, 4.69) is 15.7 Å². The van der Waals surface area contributed by atoms with Gasteiger partial charge in [-0.1, -0.05) is 0 Å². The van der Waals surface area contributed by atoms with Crippen LogP contribution in [0.4, 0.5) is 0 Å². The van der Waals surface area contributed by atoms with Gasteiger partial charge in [0.25, 0.3) is 0 Å². The molecule has 1 aliphatic carbocycles. The lowest BCUT2D eigenvalue weighted by Crippen LogP contribution is -2.48. The first-order valence-corrected chi connectivity index (χ1v) is 3.56. The average Bonchev–Trinajstić information content (AvgIpc) is 1.87. The monoisotopic (exact) mass is 142 g/mol. The van der Waals surface area contributed by atoms with Crippen molar-refractivity contribution < 1.29 is 0 Å². The van der Waals surface area contributed by atoms with Crippen molar-refractivity contribution in [1.82, 2.24) is 10.7 Å². The van der Waals surface area contributed by atoms with Crippen molar-refractivity contribution in [2.24, 2.45) is 10.8 Å². The molecule has 0 aliphatic heterocycles. The maximum Gasteiger partial charge on any atom is 0.205 e. The Morgan fingerprint density at radius 2 is 2.30 bits per heavy atom. The third-order valence-electron chi connectivity index (χ3n) is 1.81. The smallest absolute Gasteiger partial charge is 0.205 e. The number of hydrogen-bond acceptors (Lipinski definition) is 2. The molecule has 0 amide bonds. The summed E-state index contributed by atoms with van der Waals surface area (Å²) in [6, 6.07) is 0.592. The molecule has 0 spiro atoms. The zero-order valence-corrected chi connectivity index (χ0v) is 6.22. The van der Waals surface area contributed by atoms with Crippen LogP contribution in [0.1, 0.15) is 19.3 Å². The van der Waals surface area contributed by atoms with E-state index in [0.717, 1.165) is 0 Å². The van der Waals surface area contributed by atoms with Crippen molar-refractivity contribution in [2.75, 3.05) is 7.05 Å². The Labute approximate surface area is 60.9 Å². The number of nitrogens with two attached hydrogens (primary N) is 1. The van der Waals surface area contributed by atoms with Gasteiger partial charge in [0.1, 0.15) is 0 Å². The molecule has 4 nitrogen and oxygen atoms in total. The predicted octanol–water partition coefficient (Wildman–Crippen LogP) is -0.422. The summed E-state index contributed by atoms with van der Waals surface area (Å²) >= 11 is 0. The highest BCUT2D eigenvalue weighted by Crippen LogP contribution is 2.17. The molecule has 4 heteroatoms. The average molecular weight is 142 g/mol. The molecular formula is C6H14N4. The SMILES string of the molecule is CN=C(NN)NC1CCC1. The van der Waals surface area contributed by atoms with E-state index in [-0.39, 0.29) is 0 Å². The summed E-state index contributed by atoms with van der Waals surface area (Å²) in [5.41, 5.74) is 2.49. The number of nitrogens with zero attached hydrogens (tertiary/aromatic N) is 1. The molecule has 0 aromatic carbocycles. The first-order chi connectivity index (χ1) is 4.86. The van der Waals surface area contributed by atoms with Crippen LogP contribution >= 0.6 is 0 Å². The maximum atomic E-state index is 5.17. The zero-order chi connectivity index (χ0) is 7.40. The van der Waals surface area contributed by atoms with Gasteiger partial charge in [0.2, 0.25) is 5.96 Å². The summed E-state index contributed by atoms with van der Waals surface area (Å²) in [4.78, 5) is 3.90. The van der Waals surface area contributed by atoms with Crippen LogP contribution in [-0.4, -0.2) is 19.0 Å². The van der Waals surface area contributed by atoms with E-state index in [4.69, 9.17) is 5.84 Å². The van der Waals surface area contributed by atoms with Gasteiger partial charge in [-0.25, -0.2) is 5.84 Å².